The van der Waals surface area contributed by atoms with Crippen LogP contribution in [0.3, 0.4) is 0 Å². The molecule has 8 nitrogen and oxygen atoms in total. The Labute approximate surface area is 207 Å². The van der Waals surface area contributed by atoms with Crippen LogP contribution in [-0.2, 0) is 9.47 Å². The van der Waals surface area contributed by atoms with Crippen LogP contribution in [0.1, 0.15) is 22.2 Å². The fraction of sp³-hybridized carbons (Fsp3) is 0.346. The number of aryl methyl sites for hydroxylation is 1. The van der Waals surface area contributed by atoms with Gasteiger partial charge in [-0.2, -0.15) is 5.10 Å². The molecule has 1 aromatic carbocycles. The maximum absolute atomic E-state index is 13.0. The number of hydrogen-bond acceptors (Lipinski definition) is 7. The largest absolute Gasteiger partial charge is 0.378 e. The molecule has 0 unspecified atom stereocenters. The van der Waals surface area contributed by atoms with Crippen molar-refractivity contribution in [2.45, 2.75) is 19.4 Å². The van der Waals surface area contributed by atoms with Gasteiger partial charge in [0.25, 0.3) is 5.91 Å². The zero-order chi connectivity index (χ0) is 24.0. The molecule has 0 saturated carbocycles. The molecule has 0 aliphatic carbocycles. The SMILES string of the molecule is Cc1cccc(-c2ccn(-c3cc(N4CCOCC4)c4sc(C(=O)NC5(C)COC5)cc4n3)n2)c1. The number of nitrogens with one attached hydrogen (secondary N) is 1. The van der Waals surface area contributed by atoms with Crippen molar-refractivity contribution in [3.05, 3.63) is 59.1 Å². The Bertz CT molecular complexity index is 1400. The van der Waals surface area contributed by atoms with Crippen molar-refractivity contribution in [2.75, 3.05) is 44.4 Å². The molecule has 2 aliphatic heterocycles. The average Bonchev–Trinajstić information content (AvgIpc) is 3.51. The molecule has 2 fully saturated rings. The van der Waals surface area contributed by atoms with Gasteiger partial charge in [-0.25, -0.2) is 9.67 Å². The quantitative estimate of drug-likeness (QED) is 0.459. The molecule has 0 spiro atoms. The standard InChI is InChI=1S/C26H27N5O3S/c1-17-4-3-5-18(12-17)19-6-7-31(29-19)23-14-21(30-8-10-33-11-9-30)24-20(27-23)13-22(35-24)25(32)28-26(2)15-34-16-26/h3-7,12-14H,8-11,15-16H2,1-2H3,(H,28,32). The van der Waals surface area contributed by atoms with Gasteiger partial charge in [0.05, 0.1) is 58.4 Å². The highest BCUT2D eigenvalue weighted by Crippen LogP contribution is 2.36. The van der Waals surface area contributed by atoms with Gasteiger partial charge in [0.15, 0.2) is 5.82 Å². The lowest BCUT2D eigenvalue weighted by Gasteiger charge is -2.38. The first kappa shape index (κ1) is 22.2. The Morgan fingerprint density at radius 3 is 2.69 bits per heavy atom. The van der Waals surface area contributed by atoms with E-state index in [0.29, 0.717) is 31.3 Å². The van der Waals surface area contributed by atoms with Gasteiger partial charge in [0.2, 0.25) is 0 Å². The number of morpholine rings is 1. The highest BCUT2D eigenvalue weighted by atomic mass is 32.1. The summed E-state index contributed by atoms with van der Waals surface area (Å²) in [7, 11) is 0. The number of carbonyl (C=O) groups excluding carboxylic acids is 1. The Morgan fingerprint density at radius 1 is 1.11 bits per heavy atom. The molecule has 2 saturated heterocycles. The van der Waals surface area contributed by atoms with Gasteiger partial charge in [-0.15, -0.1) is 11.3 Å². The number of nitrogens with zero attached hydrogens (tertiary/aromatic N) is 4. The summed E-state index contributed by atoms with van der Waals surface area (Å²) in [6.07, 6.45) is 1.94. The number of pyridine rings is 1. The summed E-state index contributed by atoms with van der Waals surface area (Å²) in [6.45, 7) is 8.09. The van der Waals surface area contributed by atoms with E-state index < -0.39 is 0 Å². The Morgan fingerprint density at radius 2 is 1.94 bits per heavy atom. The van der Waals surface area contributed by atoms with E-state index in [1.54, 1.807) is 0 Å². The predicted octanol–water partition coefficient (Wildman–Crippen LogP) is 3.81. The molecule has 3 aromatic heterocycles. The van der Waals surface area contributed by atoms with Crippen molar-refractivity contribution < 1.29 is 14.3 Å². The molecule has 180 valence electrons. The Balaban J connectivity index is 1.40. The van der Waals surface area contributed by atoms with Crippen molar-refractivity contribution in [3.8, 4) is 17.1 Å². The summed E-state index contributed by atoms with van der Waals surface area (Å²) < 4.78 is 13.7. The van der Waals surface area contributed by atoms with Gasteiger partial charge in [0, 0.05) is 30.9 Å². The normalized spacial score (nSPS) is 17.4. The molecule has 0 atom stereocenters. The van der Waals surface area contributed by atoms with E-state index in [4.69, 9.17) is 19.6 Å². The number of carbonyl (C=O) groups is 1. The van der Waals surface area contributed by atoms with Crippen molar-refractivity contribution in [3.63, 3.8) is 0 Å². The first-order valence-electron chi connectivity index (χ1n) is 11.8. The van der Waals surface area contributed by atoms with Crippen LogP contribution < -0.4 is 10.2 Å². The van der Waals surface area contributed by atoms with Gasteiger partial charge in [-0.05, 0) is 32.0 Å². The number of benzene rings is 1. The van der Waals surface area contributed by atoms with Crippen molar-refractivity contribution in [1.82, 2.24) is 20.1 Å². The average molecular weight is 490 g/mol. The second-order valence-corrected chi connectivity index (χ2v) is 10.5. The lowest BCUT2D eigenvalue weighted by atomic mass is 10.0. The molecular formula is C26H27N5O3S. The zero-order valence-electron chi connectivity index (χ0n) is 19.8. The van der Waals surface area contributed by atoms with Crippen LogP contribution in [0.15, 0.2) is 48.7 Å². The van der Waals surface area contributed by atoms with Crippen LogP contribution in [0, 0.1) is 6.92 Å². The number of ether oxygens (including phenoxy) is 2. The van der Waals surface area contributed by atoms with Gasteiger partial charge in [0.1, 0.15) is 0 Å². The highest BCUT2D eigenvalue weighted by molar-refractivity contribution is 7.21. The first-order chi connectivity index (χ1) is 17.0. The van der Waals surface area contributed by atoms with Crippen LogP contribution in [0.2, 0.25) is 0 Å². The summed E-state index contributed by atoms with van der Waals surface area (Å²) >= 11 is 1.48. The number of hydrogen-bond donors (Lipinski definition) is 1. The van der Waals surface area contributed by atoms with E-state index in [1.165, 1.54) is 16.9 Å². The topological polar surface area (TPSA) is 81.5 Å². The summed E-state index contributed by atoms with van der Waals surface area (Å²) in [5.74, 6) is 0.635. The van der Waals surface area contributed by atoms with Crippen LogP contribution in [-0.4, -0.2) is 65.7 Å². The van der Waals surface area contributed by atoms with Crippen molar-refractivity contribution in [1.29, 1.82) is 0 Å². The van der Waals surface area contributed by atoms with E-state index in [-0.39, 0.29) is 11.4 Å². The molecule has 1 amide bonds. The van der Waals surface area contributed by atoms with Crippen LogP contribution >= 0.6 is 11.3 Å². The predicted molar refractivity (Wildman–Crippen MR) is 137 cm³/mol. The number of rotatable bonds is 5. The minimum atomic E-state index is -0.305. The molecule has 0 bridgehead atoms. The van der Waals surface area contributed by atoms with Crippen molar-refractivity contribution >= 4 is 33.1 Å². The fourth-order valence-corrected chi connectivity index (χ4v) is 5.52. The summed E-state index contributed by atoms with van der Waals surface area (Å²) in [6, 6.07) is 14.3. The molecule has 2 aliphatic rings. The lowest BCUT2D eigenvalue weighted by Crippen LogP contribution is -2.59. The van der Waals surface area contributed by atoms with Crippen LogP contribution in [0.25, 0.3) is 27.3 Å². The van der Waals surface area contributed by atoms with Crippen LogP contribution in [0.4, 0.5) is 5.69 Å². The monoisotopic (exact) mass is 489 g/mol. The number of amides is 1. The van der Waals surface area contributed by atoms with E-state index in [0.717, 1.165) is 46.1 Å². The minimum absolute atomic E-state index is 0.0888. The van der Waals surface area contributed by atoms with Gasteiger partial charge < -0.3 is 19.7 Å². The molecule has 1 N–H and O–H groups in total. The van der Waals surface area contributed by atoms with E-state index in [2.05, 4.69) is 41.4 Å². The Kier molecular flexibility index (Phi) is 5.55. The number of fused-ring (bicyclic) bond motifs is 1. The third-order valence-corrected chi connectivity index (χ3v) is 7.56. The summed E-state index contributed by atoms with van der Waals surface area (Å²) in [5.41, 5.74) is 4.70. The number of thiophene rings is 1. The molecule has 9 heteroatoms. The molecule has 0 radical (unpaired) electrons. The third kappa shape index (κ3) is 4.31. The smallest absolute Gasteiger partial charge is 0.262 e. The lowest BCUT2D eigenvalue weighted by molar-refractivity contribution is -0.0593. The zero-order valence-corrected chi connectivity index (χ0v) is 20.6. The van der Waals surface area contributed by atoms with Gasteiger partial charge >= 0.3 is 0 Å². The third-order valence-electron chi connectivity index (χ3n) is 6.42. The van der Waals surface area contributed by atoms with Gasteiger partial charge in [-0.3, -0.25) is 4.79 Å². The molecule has 4 aromatic rings. The number of anilines is 1. The van der Waals surface area contributed by atoms with Gasteiger partial charge in [-0.1, -0.05) is 23.8 Å². The minimum Gasteiger partial charge on any atom is -0.378 e. The second-order valence-electron chi connectivity index (χ2n) is 9.45. The van der Waals surface area contributed by atoms with E-state index in [9.17, 15) is 4.79 Å². The molecule has 35 heavy (non-hydrogen) atoms. The molecule has 6 rings (SSSR count). The Hall–Kier alpha value is -3.27. The fourth-order valence-electron chi connectivity index (χ4n) is 4.49. The number of aromatic nitrogens is 3. The molecular weight excluding hydrogens is 462 g/mol. The highest BCUT2D eigenvalue weighted by Gasteiger charge is 2.35. The second kappa shape index (κ2) is 8.75. The maximum Gasteiger partial charge on any atom is 0.262 e. The van der Waals surface area contributed by atoms with Crippen LogP contribution in [0.5, 0.6) is 0 Å². The first-order valence-corrected chi connectivity index (χ1v) is 12.6. The van der Waals surface area contributed by atoms with E-state index >= 15 is 0 Å². The maximum atomic E-state index is 13.0. The van der Waals surface area contributed by atoms with E-state index in [1.807, 2.05) is 36.0 Å². The summed E-state index contributed by atoms with van der Waals surface area (Å²) in [4.78, 5) is 20.9. The summed E-state index contributed by atoms with van der Waals surface area (Å²) in [5, 5.41) is 7.92. The van der Waals surface area contributed by atoms with Crippen molar-refractivity contribution in [2.24, 2.45) is 0 Å². The molecule has 5 heterocycles.